The number of methoxy groups -OCH3 is 1. The minimum Gasteiger partial charge on any atom is -0.493 e. The molecule has 5 nitrogen and oxygen atoms in total. The minimum atomic E-state index is -0.299. The summed E-state index contributed by atoms with van der Waals surface area (Å²) in [6.07, 6.45) is 2.83. The molecule has 0 spiro atoms. The number of rotatable bonds is 9. The number of hydrogen-bond acceptors (Lipinski definition) is 5. The SMILES string of the molecule is CCOC(=O)C(CCOc1ccccc1OC)NC1CC1. The van der Waals surface area contributed by atoms with E-state index in [1.807, 2.05) is 31.2 Å². The molecule has 0 aromatic heterocycles. The molecule has 5 heteroatoms. The van der Waals surface area contributed by atoms with Crippen LogP contribution in [0.3, 0.4) is 0 Å². The van der Waals surface area contributed by atoms with E-state index in [1.54, 1.807) is 7.11 Å². The Hall–Kier alpha value is -1.75. The zero-order chi connectivity index (χ0) is 15.1. The van der Waals surface area contributed by atoms with Gasteiger partial charge in [0.15, 0.2) is 11.5 Å². The Bertz CT molecular complexity index is 459. The lowest BCUT2D eigenvalue weighted by molar-refractivity contribution is -0.146. The quantitative estimate of drug-likeness (QED) is 0.707. The first-order chi connectivity index (χ1) is 10.2. The van der Waals surface area contributed by atoms with Gasteiger partial charge in [0, 0.05) is 12.5 Å². The van der Waals surface area contributed by atoms with Gasteiger partial charge in [-0.1, -0.05) is 12.1 Å². The number of carbonyl (C=O) groups is 1. The standard InChI is InChI=1S/C16H23NO4/c1-3-20-16(18)13(17-12-8-9-12)10-11-21-15-7-5-4-6-14(15)19-2/h4-7,12-13,17H,3,8-11H2,1-2H3. The van der Waals surface area contributed by atoms with Crippen molar-refractivity contribution in [2.24, 2.45) is 0 Å². The molecule has 1 unspecified atom stereocenters. The second-order valence-electron chi connectivity index (χ2n) is 5.03. The lowest BCUT2D eigenvalue weighted by atomic mass is 10.2. The van der Waals surface area contributed by atoms with Crippen molar-refractivity contribution in [2.45, 2.75) is 38.3 Å². The van der Waals surface area contributed by atoms with Gasteiger partial charge in [0.25, 0.3) is 0 Å². The molecule has 1 fully saturated rings. The summed E-state index contributed by atoms with van der Waals surface area (Å²) < 4.78 is 16.0. The molecule has 21 heavy (non-hydrogen) atoms. The Morgan fingerprint density at radius 1 is 1.33 bits per heavy atom. The maximum atomic E-state index is 11.9. The van der Waals surface area contributed by atoms with Crippen LogP contribution in [0.4, 0.5) is 0 Å². The summed E-state index contributed by atoms with van der Waals surface area (Å²) in [5.41, 5.74) is 0. The fraction of sp³-hybridized carbons (Fsp3) is 0.562. The normalized spacial score (nSPS) is 15.3. The van der Waals surface area contributed by atoms with Crippen LogP contribution in [0, 0.1) is 0 Å². The average molecular weight is 293 g/mol. The predicted molar refractivity (Wildman–Crippen MR) is 79.7 cm³/mol. The third-order valence-electron chi connectivity index (χ3n) is 3.32. The highest BCUT2D eigenvalue weighted by molar-refractivity contribution is 5.75. The Balaban J connectivity index is 1.84. The Morgan fingerprint density at radius 3 is 2.67 bits per heavy atom. The predicted octanol–water partition coefficient (Wildman–Crippen LogP) is 2.15. The Morgan fingerprint density at radius 2 is 2.05 bits per heavy atom. The van der Waals surface area contributed by atoms with Crippen molar-refractivity contribution in [2.75, 3.05) is 20.3 Å². The van der Waals surface area contributed by atoms with Gasteiger partial charge in [0.05, 0.1) is 20.3 Å². The molecule has 2 rings (SSSR count). The van der Waals surface area contributed by atoms with E-state index in [1.165, 1.54) is 0 Å². The van der Waals surface area contributed by atoms with Gasteiger partial charge >= 0.3 is 5.97 Å². The van der Waals surface area contributed by atoms with Crippen LogP contribution < -0.4 is 14.8 Å². The molecule has 1 saturated carbocycles. The van der Waals surface area contributed by atoms with Gasteiger partial charge in [-0.05, 0) is 31.9 Å². The Labute approximate surface area is 125 Å². The molecule has 1 aromatic carbocycles. The molecule has 1 aliphatic rings. The van der Waals surface area contributed by atoms with E-state index in [-0.39, 0.29) is 12.0 Å². The van der Waals surface area contributed by atoms with Gasteiger partial charge in [0.1, 0.15) is 6.04 Å². The molecule has 0 bridgehead atoms. The fourth-order valence-electron chi connectivity index (χ4n) is 2.07. The van der Waals surface area contributed by atoms with E-state index in [2.05, 4.69) is 5.32 Å². The number of nitrogens with one attached hydrogen (secondary N) is 1. The van der Waals surface area contributed by atoms with Crippen molar-refractivity contribution < 1.29 is 19.0 Å². The molecule has 0 aliphatic heterocycles. The third kappa shape index (κ3) is 4.93. The van der Waals surface area contributed by atoms with Gasteiger partial charge in [-0.25, -0.2) is 0 Å². The molecule has 116 valence electrons. The number of para-hydroxylation sites is 2. The van der Waals surface area contributed by atoms with Crippen LogP contribution in [0.2, 0.25) is 0 Å². The summed E-state index contributed by atoms with van der Waals surface area (Å²) in [5.74, 6) is 1.18. The summed E-state index contributed by atoms with van der Waals surface area (Å²) in [6, 6.07) is 7.63. The number of ether oxygens (including phenoxy) is 3. The van der Waals surface area contributed by atoms with Gasteiger partial charge in [-0.2, -0.15) is 0 Å². The highest BCUT2D eigenvalue weighted by atomic mass is 16.5. The molecule has 1 aromatic rings. The molecule has 1 atom stereocenters. The largest absolute Gasteiger partial charge is 0.493 e. The van der Waals surface area contributed by atoms with Gasteiger partial charge in [-0.15, -0.1) is 0 Å². The van der Waals surface area contributed by atoms with Crippen molar-refractivity contribution in [1.82, 2.24) is 5.32 Å². The van der Waals surface area contributed by atoms with E-state index >= 15 is 0 Å². The van der Waals surface area contributed by atoms with Crippen molar-refractivity contribution in [3.8, 4) is 11.5 Å². The summed E-state index contributed by atoms with van der Waals surface area (Å²) in [7, 11) is 1.61. The van der Waals surface area contributed by atoms with E-state index in [4.69, 9.17) is 14.2 Å². The molecule has 1 N–H and O–H groups in total. The summed E-state index contributed by atoms with van der Waals surface area (Å²) in [6.45, 7) is 2.65. The molecular weight excluding hydrogens is 270 g/mol. The zero-order valence-corrected chi connectivity index (χ0v) is 12.6. The Kier molecular flexibility index (Phi) is 5.87. The van der Waals surface area contributed by atoms with Crippen LogP contribution in [-0.2, 0) is 9.53 Å². The van der Waals surface area contributed by atoms with E-state index in [9.17, 15) is 4.79 Å². The maximum absolute atomic E-state index is 11.9. The average Bonchev–Trinajstić information content (AvgIpc) is 3.31. The van der Waals surface area contributed by atoms with Gasteiger partial charge in [-0.3, -0.25) is 4.79 Å². The molecule has 0 saturated heterocycles. The minimum absolute atomic E-state index is 0.201. The van der Waals surface area contributed by atoms with Crippen molar-refractivity contribution in [3.63, 3.8) is 0 Å². The van der Waals surface area contributed by atoms with Gasteiger partial charge < -0.3 is 19.5 Å². The van der Waals surface area contributed by atoms with Crippen molar-refractivity contribution in [1.29, 1.82) is 0 Å². The topological polar surface area (TPSA) is 56.8 Å². The molecule has 0 heterocycles. The van der Waals surface area contributed by atoms with Crippen LogP contribution >= 0.6 is 0 Å². The monoisotopic (exact) mass is 293 g/mol. The lowest BCUT2D eigenvalue weighted by Crippen LogP contribution is -2.40. The van der Waals surface area contributed by atoms with Gasteiger partial charge in [0.2, 0.25) is 0 Å². The summed E-state index contributed by atoms with van der Waals surface area (Å²) in [4.78, 5) is 11.9. The van der Waals surface area contributed by atoms with Crippen molar-refractivity contribution in [3.05, 3.63) is 24.3 Å². The molecule has 0 radical (unpaired) electrons. The molecule has 0 amide bonds. The number of hydrogen-bond donors (Lipinski definition) is 1. The maximum Gasteiger partial charge on any atom is 0.323 e. The lowest BCUT2D eigenvalue weighted by Gasteiger charge is -2.17. The number of esters is 1. The van der Waals surface area contributed by atoms with Crippen LogP contribution in [0.1, 0.15) is 26.2 Å². The van der Waals surface area contributed by atoms with Crippen molar-refractivity contribution >= 4 is 5.97 Å². The van der Waals surface area contributed by atoms with Crippen LogP contribution in [-0.4, -0.2) is 38.4 Å². The second kappa shape index (κ2) is 7.88. The smallest absolute Gasteiger partial charge is 0.323 e. The highest BCUT2D eigenvalue weighted by Crippen LogP contribution is 2.26. The van der Waals surface area contributed by atoms with Crippen LogP contribution in [0.5, 0.6) is 11.5 Å². The summed E-state index contributed by atoms with van der Waals surface area (Å²) in [5, 5.41) is 3.30. The van der Waals surface area contributed by atoms with Crippen LogP contribution in [0.25, 0.3) is 0 Å². The van der Waals surface area contributed by atoms with E-state index < -0.39 is 0 Å². The summed E-state index contributed by atoms with van der Waals surface area (Å²) >= 11 is 0. The molecule has 1 aliphatic carbocycles. The third-order valence-corrected chi connectivity index (χ3v) is 3.32. The first kappa shape index (κ1) is 15.6. The zero-order valence-electron chi connectivity index (χ0n) is 12.6. The fourth-order valence-corrected chi connectivity index (χ4v) is 2.07. The molecular formula is C16H23NO4. The van der Waals surface area contributed by atoms with E-state index in [0.29, 0.717) is 37.2 Å². The van der Waals surface area contributed by atoms with E-state index in [0.717, 1.165) is 12.8 Å². The first-order valence-corrected chi connectivity index (χ1v) is 7.43. The number of carbonyl (C=O) groups excluding carboxylic acids is 1. The number of benzene rings is 1. The second-order valence-corrected chi connectivity index (χ2v) is 5.03. The van der Waals surface area contributed by atoms with Crippen LogP contribution in [0.15, 0.2) is 24.3 Å². The first-order valence-electron chi connectivity index (χ1n) is 7.43. The highest BCUT2D eigenvalue weighted by Gasteiger charge is 2.29.